The van der Waals surface area contributed by atoms with E-state index < -0.39 is 0 Å². The van der Waals surface area contributed by atoms with E-state index in [4.69, 9.17) is 0 Å². The van der Waals surface area contributed by atoms with Crippen molar-refractivity contribution in [2.75, 3.05) is 25.0 Å². The lowest BCUT2D eigenvalue weighted by molar-refractivity contribution is 0.716. The third kappa shape index (κ3) is 5.21. The number of hydrogen-bond donors (Lipinski definition) is 2. The summed E-state index contributed by atoms with van der Waals surface area (Å²) in [5.41, 5.74) is 1.25. The summed E-state index contributed by atoms with van der Waals surface area (Å²) >= 11 is 0. The Morgan fingerprint density at radius 3 is 2.69 bits per heavy atom. The molecule has 1 saturated carbocycles. The molecular formula is C19H29N7. The number of hydrogen-bond acceptors (Lipinski definition) is 4. The number of rotatable bonds is 8. The fraction of sp³-hybridized carbons (Fsp3) is 0.526. The summed E-state index contributed by atoms with van der Waals surface area (Å²) < 4.78 is 1.98. The number of nitrogens with zero attached hydrogens (tertiary/aromatic N) is 5. The third-order valence-corrected chi connectivity index (χ3v) is 4.64. The minimum atomic E-state index is 0.531. The van der Waals surface area contributed by atoms with Gasteiger partial charge in [-0.3, -0.25) is 0 Å². The Morgan fingerprint density at radius 1 is 1.27 bits per heavy atom. The topological polar surface area (TPSA) is 70.4 Å². The van der Waals surface area contributed by atoms with Crippen molar-refractivity contribution < 1.29 is 0 Å². The molecule has 1 heterocycles. The van der Waals surface area contributed by atoms with Crippen LogP contribution < -0.4 is 15.5 Å². The van der Waals surface area contributed by atoms with Gasteiger partial charge in [0.2, 0.25) is 0 Å². The van der Waals surface area contributed by atoms with Gasteiger partial charge in [0.15, 0.2) is 11.8 Å². The number of para-hydroxylation sites is 1. The molecule has 1 aromatic carbocycles. The Hall–Kier alpha value is -2.57. The molecule has 1 aliphatic rings. The smallest absolute Gasteiger partial charge is 0.191 e. The molecule has 0 saturated heterocycles. The lowest BCUT2D eigenvalue weighted by Crippen LogP contribution is -2.40. The van der Waals surface area contributed by atoms with Crippen molar-refractivity contribution in [3.63, 3.8) is 0 Å². The Balaban J connectivity index is 1.47. The van der Waals surface area contributed by atoms with Gasteiger partial charge in [0.25, 0.3) is 0 Å². The van der Waals surface area contributed by atoms with Gasteiger partial charge in [-0.15, -0.1) is 10.2 Å². The Bertz CT molecular complexity index is 719. The second-order valence-electron chi connectivity index (χ2n) is 6.84. The van der Waals surface area contributed by atoms with E-state index in [-0.39, 0.29) is 0 Å². The normalized spacial score (nSPS) is 14.3. The fourth-order valence-corrected chi connectivity index (χ4v) is 2.65. The summed E-state index contributed by atoms with van der Waals surface area (Å²) in [4.78, 5) is 6.95. The zero-order valence-corrected chi connectivity index (χ0v) is 15.9. The summed E-state index contributed by atoms with van der Waals surface area (Å²) in [6, 6.07) is 11.0. The van der Waals surface area contributed by atoms with Crippen LogP contribution in [-0.2, 0) is 13.6 Å². The highest BCUT2D eigenvalue weighted by molar-refractivity contribution is 5.80. The Labute approximate surface area is 155 Å². The van der Waals surface area contributed by atoms with Crippen molar-refractivity contribution in [3.8, 4) is 0 Å². The first-order valence-electron chi connectivity index (χ1n) is 9.29. The summed E-state index contributed by atoms with van der Waals surface area (Å²) in [7, 11) is 4.10. The van der Waals surface area contributed by atoms with Gasteiger partial charge in [-0.2, -0.15) is 0 Å². The molecule has 1 aromatic heterocycles. The van der Waals surface area contributed by atoms with Crippen molar-refractivity contribution in [3.05, 3.63) is 42.0 Å². The molecule has 0 bridgehead atoms. The quantitative estimate of drug-likeness (QED) is 0.430. The van der Waals surface area contributed by atoms with E-state index in [1.807, 2.05) is 24.6 Å². The van der Waals surface area contributed by atoms with Crippen LogP contribution in [0, 0.1) is 6.92 Å². The molecule has 1 fully saturated rings. The van der Waals surface area contributed by atoms with E-state index in [0.717, 1.165) is 37.1 Å². The largest absolute Gasteiger partial charge is 0.375 e. The molecule has 0 aliphatic heterocycles. The zero-order chi connectivity index (χ0) is 18.4. The van der Waals surface area contributed by atoms with Crippen LogP contribution in [0.2, 0.25) is 0 Å². The lowest BCUT2D eigenvalue weighted by Gasteiger charge is -2.19. The first kappa shape index (κ1) is 18.2. The average Bonchev–Trinajstić information content (AvgIpc) is 3.42. The molecule has 7 heteroatoms. The van der Waals surface area contributed by atoms with Crippen molar-refractivity contribution >= 4 is 11.6 Å². The maximum absolute atomic E-state index is 4.68. The number of anilines is 1. The molecule has 0 atom stereocenters. The molecule has 7 nitrogen and oxygen atoms in total. The second-order valence-corrected chi connectivity index (χ2v) is 6.84. The maximum atomic E-state index is 4.68. The standard InChI is InChI=1S/C19H29N7/c1-15-23-24-18(26(15)3)14-21-19(22-16-10-11-16)20-12-7-13-25(2)17-8-5-4-6-9-17/h4-6,8-9,16H,7,10-14H2,1-3H3,(H2,20,21,22). The van der Waals surface area contributed by atoms with Gasteiger partial charge >= 0.3 is 0 Å². The predicted molar refractivity (Wildman–Crippen MR) is 105 cm³/mol. The molecule has 1 aliphatic carbocycles. The molecule has 0 amide bonds. The zero-order valence-electron chi connectivity index (χ0n) is 15.9. The predicted octanol–water partition coefficient (Wildman–Crippen LogP) is 1.85. The van der Waals surface area contributed by atoms with Crippen LogP contribution in [0.25, 0.3) is 0 Å². The van der Waals surface area contributed by atoms with Gasteiger partial charge in [-0.05, 0) is 38.3 Å². The van der Waals surface area contributed by atoms with Crippen LogP contribution in [-0.4, -0.2) is 46.9 Å². The third-order valence-electron chi connectivity index (χ3n) is 4.64. The van der Waals surface area contributed by atoms with Gasteiger partial charge in [-0.25, -0.2) is 4.99 Å². The van der Waals surface area contributed by atoms with E-state index in [9.17, 15) is 0 Å². The first-order valence-corrected chi connectivity index (χ1v) is 9.29. The first-order chi connectivity index (χ1) is 12.6. The average molecular weight is 355 g/mol. The molecular weight excluding hydrogens is 326 g/mol. The van der Waals surface area contributed by atoms with Crippen molar-refractivity contribution in [1.82, 2.24) is 25.4 Å². The molecule has 0 spiro atoms. The highest BCUT2D eigenvalue weighted by atomic mass is 15.3. The van der Waals surface area contributed by atoms with Crippen LogP contribution >= 0.6 is 0 Å². The van der Waals surface area contributed by atoms with Crippen LogP contribution in [0.15, 0.2) is 35.3 Å². The summed E-state index contributed by atoms with van der Waals surface area (Å²) in [5, 5.41) is 15.2. The van der Waals surface area contributed by atoms with Gasteiger partial charge in [-0.1, -0.05) is 18.2 Å². The van der Waals surface area contributed by atoms with E-state index in [1.54, 1.807) is 0 Å². The van der Waals surface area contributed by atoms with Crippen LogP contribution in [0.4, 0.5) is 5.69 Å². The summed E-state index contributed by atoms with van der Waals surface area (Å²) in [6.45, 7) is 4.36. The highest BCUT2D eigenvalue weighted by Crippen LogP contribution is 2.18. The maximum Gasteiger partial charge on any atom is 0.191 e. The van der Waals surface area contributed by atoms with Crippen molar-refractivity contribution in [2.45, 2.75) is 38.8 Å². The molecule has 3 rings (SSSR count). The fourth-order valence-electron chi connectivity index (χ4n) is 2.65. The van der Waals surface area contributed by atoms with Crippen LogP contribution in [0.3, 0.4) is 0 Å². The number of guanidine groups is 1. The Kier molecular flexibility index (Phi) is 6.09. The SMILES string of the molecule is Cc1nnc(CN=C(NCCCN(C)c2ccccc2)NC2CC2)n1C. The number of aromatic nitrogens is 3. The molecule has 2 N–H and O–H groups in total. The van der Waals surface area contributed by atoms with Gasteiger partial charge in [0.1, 0.15) is 12.4 Å². The monoisotopic (exact) mass is 355 g/mol. The number of nitrogens with one attached hydrogen (secondary N) is 2. The molecule has 2 aromatic rings. The summed E-state index contributed by atoms with van der Waals surface area (Å²) in [6.07, 6.45) is 3.49. The van der Waals surface area contributed by atoms with E-state index >= 15 is 0 Å². The van der Waals surface area contributed by atoms with Gasteiger partial charge in [0, 0.05) is 38.9 Å². The minimum absolute atomic E-state index is 0.531. The van der Waals surface area contributed by atoms with Crippen LogP contribution in [0.5, 0.6) is 0 Å². The van der Waals surface area contributed by atoms with Crippen molar-refractivity contribution in [2.24, 2.45) is 12.0 Å². The lowest BCUT2D eigenvalue weighted by atomic mass is 10.3. The summed E-state index contributed by atoms with van der Waals surface area (Å²) in [5.74, 6) is 2.66. The van der Waals surface area contributed by atoms with Gasteiger partial charge < -0.3 is 20.1 Å². The minimum Gasteiger partial charge on any atom is -0.375 e. The second kappa shape index (κ2) is 8.69. The molecule has 0 unspecified atom stereocenters. The number of aryl methyl sites for hydroxylation is 1. The van der Waals surface area contributed by atoms with Gasteiger partial charge in [0.05, 0.1) is 0 Å². The molecule has 26 heavy (non-hydrogen) atoms. The molecule has 140 valence electrons. The number of benzene rings is 1. The van der Waals surface area contributed by atoms with E-state index in [2.05, 4.69) is 62.0 Å². The van der Waals surface area contributed by atoms with Crippen molar-refractivity contribution in [1.29, 1.82) is 0 Å². The highest BCUT2D eigenvalue weighted by Gasteiger charge is 2.22. The van der Waals surface area contributed by atoms with Crippen LogP contribution in [0.1, 0.15) is 30.9 Å². The van der Waals surface area contributed by atoms with E-state index in [1.165, 1.54) is 18.5 Å². The number of aliphatic imine (C=N–C) groups is 1. The Morgan fingerprint density at radius 2 is 2.04 bits per heavy atom. The molecule has 0 radical (unpaired) electrons. The van der Waals surface area contributed by atoms with E-state index in [0.29, 0.717) is 12.6 Å².